The minimum Gasteiger partial charge on any atom is -0.382 e. The van der Waals surface area contributed by atoms with Crippen LogP contribution >= 0.6 is 0 Å². The van der Waals surface area contributed by atoms with Crippen molar-refractivity contribution >= 4 is 0 Å². The molecule has 1 N–H and O–H groups in total. The first-order chi connectivity index (χ1) is 10.9. The Kier molecular flexibility index (Phi) is 2.99. The molecule has 120 valence electrons. The number of aromatic nitrogens is 2. The average Bonchev–Trinajstić information content (AvgIpc) is 3.04. The third-order valence-corrected chi connectivity index (χ3v) is 6.62. The van der Waals surface area contributed by atoms with Gasteiger partial charge in [-0.15, -0.1) is 0 Å². The maximum atomic E-state index is 11.8. The number of aliphatic hydroxyl groups is 1. The Morgan fingerprint density at radius 2 is 1.83 bits per heavy atom. The van der Waals surface area contributed by atoms with Crippen LogP contribution in [0.15, 0.2) is 42.6 Å². The van der Waals surface area contributed by atoms with Crippen LogP contribution in [0.2, 0.25) is 0 Å². The lowest BCUT2D eigenvalue weighted by Gasteiger charge is -2.50. The average molecular weight is 308 g/mol. The van der Waals surface area contributed by atoms with Crippen molar-refractivity contribution in [1.29, 1.82) is 0 Å². The van der Waals surface area contributed by atoms with Crippen molar-refractivity contribution in [3.8, 4) is 11.4 Å². The Morgan fingerprint density at radius 1 is 1.04 bits per heavy atom. The SMILES string of the molecule is CC1(C)[C@H]2CC[C@](C)(C2)[C@]1(O)c1cccc(-c2ccccn2)n1. The highest BCUT2D eigenvalue weighted by molar-refractivity contribution is 5.54. The highest BCUT2D eigenvalue weighted by atomic mass is 16.3. The van der Waals surface area contributed by atoms with Gasteiger partial charge in [0.05, 0.1) is 17.1 Å². The third-order valence-electron chi connectivity index (χ3n) is 6.62. The zero-order valence-corrected chi connectivity index (χ0v) is 14.1. The fourth-order valence-corrected chi connectivity index (χ4v) is 5.19. The second-order valence-corrected chi connectivity index (χ2v) is 8.06. The summed E-state index contributed by atoms with van der Waals surface area (Å²) in [5, 5.41) is 11.8. The van der Waals surface area contributed by atoms with Crippen LogP contribution in [0.4, 0.5) is 0 Å². The van der Waals surface area contributed by atoms with Crippen LogP contribution in [0.1, 0.15) is 45.7 Å². The van der Waals surface area contributed by atoms with E-state index in [2.05, 4.69) is 25.8 Å². The van der Waals surface area contributed by atoms with Crippen molar-refractivity contribution in [3.63, 3.8) is 0 Å². The fourth-order valence-electron chi connectivity index (χ4n) is 5.19. The van der Waals surface area contributed by atoms with Gasteiger partial charge in [0.25, 0.3) is 0 Å². The van der Waals surface area contributed by atoms with E-state index in [4.69, 9.17) is 4.98 Å². The number of rotatable bonds is 2. The smallest absolute Gasteiger partial charge is 0.117 e. The Labute approximate surface area is 137 Å². The largest absolute Gasteiger partial charge is 0.382 e. The molecule has 23 heavy (non-hydrogen) atoms. The van der Waals surface area contributed by atoms with Crippen LogP contribution in [-0.2, 0) is 5.60 Å². The minimum atomic E-state index is -0.881. The highest BCUT2D eigenvalue weighted by Gasteiger charge is 2.69. The Balaban J connectivity index is 1.85. The first-order valence-corrected chi connectivity index (χ1v) is 8.50. The van der Waals surface area contributed by atoms with E-state index in [-0.39, 0.29) is 10.8 Å². The molecular formula is C20H24N2O. The Bertz CT molecular complexity index is 736. The quantitative estimate of drug-likeness (QED) is 0.905. The van der Waals surface area contributed by atoms with Crippen LogP contribution < -0.4 is 0 Å². The van der Waals surface area contributed by atoms with Gasteiger partial charge in [0.2, 0.25) is 0 Å². The molecule has 0 spiro atoms. The van der Waals surface area contributed by atoms with Gasteiger partial charge in [0.1, 0.15) is 5.60 Å². The zero-order chi connectivity index (χ0) is 16.3. The Hall–Kier alpha value is -1.74. The van der Waals surface area contributed by atoms with Gasteiger partial charge in [-0.1, -0.05) is 32.9 Å². The van der Waals surface area contributed by atoms with Gasteiger partial charge >= 0.3 is 0 Å². The van der Waals surface area contributed by atoms with Crippen LogP contribution in [0, 0.1) is 16.7 Å². The van der Waals surface area contributed by atoms with Gasteiger partial charge in [-0.2, -0.15) is 0 Å². The summed E-state index contributed by atoms with van der Waals surface area (Å²) in [6.45, 7) is 6.64. The molecule has 3 heteroatoms. The molecule has 2 aliphatic rings. The molecular weight excluding hydrogens is 284 g/mol. The van der Waals surface area contributed by atoms with Crippen LogP contribution in [0.3, 0.4) is 0 Å². The van der Waals surface area contributed by atoms with Gasteiger partial charge in [-0.25, -0.2) is 4.98 Å². The number of nitrogens with zero attached hydrogens (tertiary/aromatic N) is 2. The summed E-state index contributed by atoms with van der Waals surface area (Å²) < 4.78 is 0. The highest BCUT2D eigenvalue weighted by Crippen LogP contribution is 2.71. The van der Waals surface area contributed by atoms with Gasteiger partial charge in [-0.05, 0) is 49.4 Å². The molecule has 2 aromatic rings. The van der Waals surface area contributed by atoms with E-state index in [1.165, 1.54) is 6.42 Å². The number of pyridine rings is 2. The summed E-state index contributed by atoms with van der Waals surface area (Å²) in [7, 11) is 0. The molecule has 0 unspecified atom stereocenters. The van der Waals surface area contributed by atoms with E-state index in [0.29, 0.717) is 5.92 Å². The summed E-state index contributed by atoms with van der Waals surface area (Å²) in [4.78, 5) is 9.24. The van der Waals surface area contributed by atoms with Gasteiger partial charge in [-0.3, -0.25) is 4.98 Å². The summed E-state index contributed by atoms with van der Waals surface area (Å²) in [5.41, 5.74) is 1.36. The standard InChI is InChI=1S/C20H24N2O/c1-18(2)14-10-11-19(3,13-14)20(18,23)17-9-6-8-16(22-17)15-7-4-5-12-21-15/h4-9,12,14,23H,10-11,13H2,1-3H3/t14-,19+,20-/m0/s1. The molecule has 2 bridgehead atoms. The van der Waals surface area contributed by atoms with Crippen LogP contribution in [0.5, 0.6) is 0 Å². The van der Waals surface area contributed by atoms with Crippen molar-refractivity contribution < 1.29 is 5.11 Å². The van der Waals surface area contributed by atoms with Crippen molar-refractivity contribution in [2.45, 2.75) is 45.6 Å². The Morgan fingerprint density at radius 3 is 2.48 bits per heavy atom. The van der Waals surface area contributed by atoms with E-state index in [9.17, 15) is 5.11 Å². The van der Waals surface area contributed by atoms with E-state index in [0.717, 1.165) is 29.9 Å². The van der Waals surface area contributed by atoms with E-state index in [1.807, 2.05) is 36.4 Å². The molecule has 3 atom stereocenters. The summed E-state index contributed by atoms with van der Waals surface area (Å²) in [6.07, 6.45) is 5.16. The lowest BCUT2D eigenvalue weighted by molar-refractivity contribution is -0.153. The molecule has 2 saturated carbocycles. The lowest BCUT2D eigenvalue weighted by Crippen LogP contribution is -2.51. The lowest BCUT2D eigenvalue weighted by atomic mass is 9.59. The maximum Gasteiger partial charge on any atom is 0.117 e. The first kappa shape index (κ1) is 14.8. The van der Waals surface area contributed by atoms with Crippen molar-refractivity contribution in [1.82, 2.24) is 9.97 Å². The molecule has 2 fully saturated rings. The number of fused-ring (bicyclic) bond motifs is 2. The summed E-state index contributed by atoms with van der Waals surface area (Å²) in [6, 6.07) is 11.8. The van der Waals surface area contributed by atoms with Crippen molar-refractivity contribution in [2.75, 3.05) is 0 Å². The van der Waals surface area contributed by atoms with Crippen LogP contribution in [-0.4, -0.2) is 15.1 Å². The van der Waals surface area contributed by atoms with E-state index in [1.54, 1.807) is 6.20 Å². The molecule has 0 amide bonds. The topological polar surface area (TPSA) is 46.0 Å². The van der Waals surface area contributed by atoms with E-state index < -0.39 is 5.60 Å². The first-order valence-electron chi connectivity index (χ1n) is 8.50. The van der Waals surface area contributed by atoms with Crippen molar-refractivity contribution in [3.05, 3.63) is 48.3 Å². The van der Waals surface area contributed by atoms with Gasteiger partial charge in [0, 0.05) is 17.0 Å². The molecule has 3 nitrogen and oxygen atoms in total. The predicted molar refractivity (Wildman–Crippen MR) is 90.6 cm³/mol. The predicted octanol–water partition coefficient (Wildman–Crippen LogP) is 4.18. The molecule has 2 aromatic heterocycles. The van der Waals surface area contributed by atoms with E-state index >= 15 is 0 Å². The molecule has 0 radical (unpaired) electrons. The number of hydrogen-bond acceptors (Lipinski definition) is 3. The zero-order valence-electron chi connectivity index (χ0n) is 14.1. The molecule has 0 aromatic carbocycles. The van der Waals surface area contributed by atoms with Gasteiger partial charge < -0.3 is 5.11 Å². The minimum absolute atomic E-state index is 0.0864. The summed E-state index contributed by atoms with van der Waals surface area (Å²) >= 11 is 0. The molecule has 2 aliphatic carbocycles. The number of hydrogen-bond donors (Lipinski definition) is 1. The third kappa shape index (κ3) is 1.80. The monoisotopic (exact) mass is 308 g/mol. The normalized spacial score (nSPS) is 34.7. The van der Waals surface area contributed by atoms with Gasteiger partial charge in [0.15, 0.2) is 0 Å². The van der Waals surface area contributed by atoms with Crippen LogP contribution in [0.25, 0.3) is 11.4 Å². The molecule has 4 rings (SSSR count). The summed E-state index contributed by atoms with van der Waals surface area (Å²) in [5.74, 6) is 0.567. The maximum absolute atomic E-state index is 11.8. The molecule has 2 heterocycles. The second-order valence-electron chi connectivity index (χ2n) is 8.06. The second kappa shape index (κ2) is 4.64. The molecule has 0 saturated heterocycles. The van der Waals surface area contributed by atoms with Crippen molar-refractivity contribution in [2.24, 2.45) is 16.7 Å². The fraction of sp³-hybridized carbons (Fsp3) is 0.500. The molecule has 0 aliphatic heterocycles.